The fraction of sp³-hybridized carbons (Fsp3) is 0.600. The van der Waals surface area contributed by atoms with Crippen LogP contribution in [-0.2, 0) is 16.1 Å². The number of hydrogen-bond donors (Lipinski definition) is 2. The van der Waals surface area contributed by atoms with E-state index in [0.29, 0.717) is 25.0 Å². The van der Waals surface area contributed by atoms with Crippen molar-refractivity contribution >= 4 is 11.8 Å². The predicted molar refractivity (Wildman–Crippen MR) is 101 cm³/mol. The quantitative estimate of drug-likeness (QED) is 0.819. The maximum atomic E-state index is 12.7. The van der Waals surface area contributed by atoms with Crippen LogP contribution in [0.1, 0.15) is 25.3 Å². The Morgan fingerprint density at radius 1 is 1.15 bits per heavy atom. The highest BCUT2D eigenvalue weighted by atomic mass is 16.2. The fourth-order valence-electron chi connectivity index (χ4n) is 3.80. The first-order chi connectivity index (χ1) is 12.6. The molecule has 1 aromatic carbocycles. The Kier molecular flexibility index (Phi) is 6.63. The van der Waals surface area contributed by atoms with E-state index in [1.807, 2.05) is 35.2 Å². The number of nitrogens with one attached hydrogen (secondary N) is 2. The van der Waals surface area contributed by atoms with Crippen LogP contribution in [0.2, 0.25) is 0 Å². The molecule has 2 heterocycles. The molecule has 1 aromatic rings. The van der Waals surface area contributed by atoms with Crippen molar-refractivity contribution in [3.63, 3.8) is 0 Å². The first-order valence-electron chi connectivity index (χ1n) is 9.67. The number of nitrogens with zero attached hydrogens (tertiary/aromatic N) is 2. The van der Waals surface area contributed by atoms with Crippen LogP contribution in [0, 0.1) is 5.92 Å². The van der Waals surface area contributed by atoms with Crippen molar-refractivity contribution in [2.24, 2.45) is 5.92 Å². The van der Waals surface area contributed by atoms with Crippen LogP contribution < -0.4 is 10.6 Å². The molecule has 26 heavy (non-hydrogen) atoms. The third-order valence-corrected chi connectivity index (χ3v) is 5.36. The summed E-state index contributed by atoms with van der Waals surface area (Å²) in [5.41, 5.74) is 1.10. The van der Waals surface area contributed by atoms with E-state index in [-0.39, 0.29) is 11.8 Å². The molecule has 2 N–H and O–H groups in total. The van der Waals surface area contributed by atoms with Crippen molar-refractivity contribution in [3.8, 4) is 0 Å². The molecule has 0 aromatic heterocycles. The summed E-state index contributed by atoms with van der Waals surface area (Å²) in [7, 11) is 0. The van der Waals surface area contributed by atoms with E-state index in [1.165, 1.54) is 0 Å². The second kappa shape index (κ2) is 9.14. The summed E-state index contributed by atoms with van der Waals surface area (Å²) in [6.07, 6.45) is 1.87. The normalized spacial score (nSPS) is 24.3. The maximum Gasteiger partial charge on any atom is 0.234 e. The monoisotopic (exact) mass is 358 g/mol. The number of carbonyl (C=O) groups is 2. The van der Waals surface area contributed by atoms with Crippen molar-refractivity contribution in [2.45, 2.75) is 32.4 Å². The highest BCUT2D eigenvalue weighted by Crippen LogP contribution is 2.19. The summed E-state index contributed by atoms with van der Waals surface area (Å²) in [5, 5.41) is 6.37. The third kappa shape index (κ3) is 5.29. The molecule has 2 amide bonds. The van der Waals surface area contributed by atoms with Gasteiger partial charge in [-0.2, -0.15) is 0 Å². The first kappa shape index (κ1) is 18.9. The number of carbonyl (C=O) groups excluding carboxylic acids is 2. The molecule has 6 nitrogen and oxygen atoms in total. The minimum Gasteiger partial charge on any atom is -0.351 e. The molecule has 142 valence electrons. The Balaban J connectivity index is 1.38. The summed E-state index contributed by atoms with van der Waals surface area (Å²) in [5.74, 6) is 0.499. The molecule has 6 heteroatoms. The van der Waals surface area contributed by atoms with E-state index in [1.54, 1.807) is 0 Å². The molecule has 2 aliphatic heterocycles. The van der Waals surface area contributed by atoms with Crippen molar-refractivity contribution in [2.75, 3.05) is 39.3 Å². The Morgan fingerprint density at radius 2 is 1.88 bits per heavy atom. The average molecular weight is 358 g/mol. The molecule has 0 spiro atoms. The lowest BCUT2D eigenvalue weighted by atomic mass is 9.92. The number of rotatable bonds is 5. The van der Waals surface area contributed by atoms with E-state index >= 15 is 0 Å². The lowest BCUT2D eigenvalue weighted by molar-refractivity contribution is -0.138. The van der Waals surface area contributed by atoms with Gasteiger partial charge in [0.25, 0.3) is 0 Å². The van der Waals surface area contributed by atoms with Crippen molar-refractivity contribution in [1.82, 2.24) is 20.4 Å². The van der Waals surface area contributed by atoms with Gasteiger partial charge in [-0.25, -0.2) is 0 Å². The van der Waals surface area contributed by atoms with Crippen LogP contribution >= 0.6 is 0 Å². The van der Waals surface area contributed by atoms with Crippen molar-refractivity contribution in [1.29, 1.82) is 0 Å². The highest BCUT2D eigenvalue weighted by molar-refractivity contribution is 5.79. The Morgan fingerprint density at radius 3 is 2.58 bits per heavy atom. The third-order valence-electron chi connectivity index (χ3n) is 5.36. The zero-order chi connectivity index (χ0) is 18.4. The van der Waals surface area contributed by atoms with Crippen molar-refractivity contribution < 1.29 is 9.59 Å². The number of piperazine rings is 1. The second-order valence-electron chi connectivity index (χ2n) is 7.44. The fourth-order valence-corrected chi connectivity index (χ4v) is 3.80. The second-order valence-corrected chi connectivity index (χ2v) is 7.44. The smallest absolute Gasteiger partial charge is 0.234 e. The Labute approximate surface area is 155 Å². The lowest BCUT2D eigenvalue weighted by Crippen LogP contribution is -2.53. The zero-order valence-corrected chi connectivity index (χ0v) is 15.6. The molecule has 2 aliphatic rings. The molecule has 2 saturated heterocycles. The molecule has 0 unspecified atom stereocenters. The van der Waals surface area contributed by atoms with Gasteiger partial charge in [0.2, 0.25) is 11.8 Å². The topological polar surface area (TPSA) is 64.7 Å². The maximum absolute atomic E-state index is 12.7. The Bertz CT molecular complexity index is 599. The summed E-state index contributed by atoms with van der Waals surface area (Å²) in [6, 6.07) is 10.4. The van der Waals surface area contributed by atoms with Crippen LogP contribution in [0.3, 0.4) is 0 Å². The van der Waals surface area contributed by atoms with Crippen molar-refractivity contribution in [3.05, 3.63) is 35.9 Å². The molecule has 0 aliphatic carbocycles. The number of benzene rings is 1. The largest absolute Gasteiger partial charge is 0.351 e. The summed E-state index contributed by atoms with van der Waals surface area (Å²) in [4.78, 5) is 29.0. The van der Waals surface area contributed by atoms with Gasteiger partial charge in [-0.15, -0.1) is 0 Å². The van der Waals surface area contributed by atoms with Gasteiger partial charge in [-0.3, -0.25) is 14.5 Å². The molecule has 0 radical (unpaired) electrons. The van der Waals surface area contributed by atoms with Gasteiger partial charge in [-0.05, 0) is 31.9 Å². The first-order valence-corrected chi connectivity index (χ1v) is 9.67. The predicted octanol–water partition coefficient (Wildman–Crippen LogP) is 0.835. The summed E-state index contributed by atoms with van der Waals surface area (Å²) < 4.78 is 0. The molecule has 2 fully saturated rings. The molecule has 2 atom stereocenters. The van der Waals surface area contributed by atoms with E-state index < -0.39 is 0 Å². The zero-order valence-electron chi connectivity index (χ0n) is 15.6. The number of piperidine rings is 1. The number of hydrogen-bond acceptors (Lipinski definition) is 4. The van der Waals surface area contributed by atoms with Gasteiger partial charge in [0.1, 0.15) is 0 Å². The molecule has 0 saturated carbocycles. The highest BCUT2D eigenvalue weighted by Gasteiger charge is 2.30. The van der Waals surface area contributed by atoms with Gasteiger partial charge < -0.3 is 15.5 Å². The van der Waals surface area contributed by atoms with E-state index in [9.17, 15) is 9.59 Å². The van der Waals surface area contributed by atoms with Gasteiger partial charge in [0.15, 0.2) is 0 Å². The van der Waals surface area contributed by atoms with Gasteiger partial charge in [0.05, 0.1) is 6.54 Å². The van der Waals surface area contributed by atoms with Crippen LogP contribution in [0.4, 0.5) is 0 Å². The molecular weight excluding hydrogens is 328 g/mol. The van der Waals surface area contributed by atoms with Crippen LogP contribution in [0.25, 0.3) is 0 Å². The summed E-state index contributed by atoms with van der Waals surface area (Å²) >= 11 is 0. The van der Waals surface area contributed by atoms with E-state index in [2.05, 4.69) is 22.5 Å². The minimum absolute atomic E-state index is 0.0424. The SMILES string of the molecule is C[C@H]1C[C@@H](C(=O)N2CCN(CC(=O)NCc3ccccc3)CC2)CCN1. The number of amides is 2. The van der Waals surface area contributed by atoms with Gasteiger partial charge in [-0.1, -0.05) is 30.3 Å². The summed E-state index contributed by atoms with van der Waals surface area (Å²) in [6.45, 7) is 7.03. The van der Waals surface area contributed by atoms with Gasteiger partial charge in [0, 0.05) is 44.7 Å². The van der Waals surface area contributed by atoms with Crippen LogP contribution in [0.15, 0.2) is 30.3 Å². The lowest BCUT2D eigenvalue weighted by Gasteiger charge is -2.37. The molecule has 0 bridgehead atoms. The van der Waals surface area contributed by atoms with E-state index in [4.69, 9.17) is 0 Å². The van der Waals surface area contributed by atoms with E-state index in [0.717, 1.165) is 51.1 Å². The van der Waals surface area contributed by atoms with Crippen LogP contribution in [0.5, 0.6) is 0 Å². The van der Waals surface area contributed by atoms with Gasteiger partial charge >= 0.3 is 0 Å². The van der Waals surface area contributed by atoms with Crippen LogP contribution in [-0.4, -0.2) is 66.9 Å². The minimum atomic E-state index is 0.0424. The molecular formula is C20H30N4O2. The Hall–Kier alpha value is -1.92. The molecule has 3 rings (SSSR count). The average Bonchev–Trinajstić information content (AvgIpc) is 2.67. The standard InChI is InChI=1S/C20H30N4O2/c1-16-13-18(7-8-21-16)20(26)24-11-9-23(10-12-24)15-19(25)22-14-17-5-3-2-4-6-17/h2-6,16,18,21H,7-15H2,1H3,(H,22,25)/t16-,18-/m0/s1.